The van der Waals surface area contributed by atoms with Crippen molar-refractivity contribution in [1.82, 2.24) is 0 Å². The van der Waals surface area contributed by atoms with Crippen molar-refractivity contribution in [3.8, 4) is 0 Å². The fourth-order valence-electron chi connectivity index (χ4n) is 9.43. The maximum absolute atomic E-state index is 13.0. The van der Waals surface area contributed by atoms with Gasteiger partial charge in [0.25, 0.3) is 0 Å². The van der Waals surface area contributed by atoms with Gasteiger partial charge in [-0.2, -0.15) is 0 Å². The van der Waals surface area contributed by atoms with E-state index in [1.165, 1.54) is 135 Å². The molecule has 0 aliphatic heterocycles. The van der Waals surface area contributed by atoms with E-state index in [0.29, 0.717) is 19.3 Å². The number of esters is 3. The quantitative estimate of drug-likeness (QED) is 0.0261. The number of rotatable bonds is 62. The molecule has 0 fully saturated rings. The zero-order valence-electron chi connectivity index (χ0n) is 54.2. The molecule has 0 aliphatic rings. The van der Waals surface area contributed by atoms with Gasteiger partial charge in [-0.1, -0.05) is 289 Å². The van der Waals surface area contributed by atoms with Gasteiger partial charge in [-0.15, -0.1) is 0 Å². The SMILES string of the molecule is CC/C=C\C/C=C\C/C=C\C/C=C\C/C=C\C/C=C\C/C=C\CCCCCC(=O)OCC(COC(=O)CCCCCCC/C=C\C/C=C\CCCCC)OC(=O)CCCCCCCCCCCCCCC/C=C\C/C=C\CCCCCCC. The van der Waals surface area contributed by atoms with Gasteiger partial charge in [0.2, 0.25) is 0 Å². The molecule has 0 aromatic heterocycles. The van der Waals surface area contributed by atoms with Crippen LogP contribution in [0.2, 0.25) is 0 Å². The molecular weight excluding hydrogens is 1020 g/mol. The zero-order valence-corrected chi connectivity index (χ0v) is 54.2. The van der Waals surface area contributed by atoms with Crippen molar-refractivity contribution in [2.45, 2.75) is 322 Å². The molecule has 0 amide bonds. The molecule has 0 N–H and O–H groups in total. The number of hydrogen-bond acceptors (Lipinski definition) is 6. The lowest BCUT2D eigenvalue weighted by Gasteiger charge is -2.18. The third-order valence-corrected chi connectivity index (χ3v) is 14.6. The number of allylic oxidation sites excluding steroid dienone is 22. The Labute approximate surface area is 513 Å². The van der Waals surface area contributed by atoms with E-state index in [0.717, 1.165) is 141 Å². The van der Waals surface area contributed by atoms with Crippen molar-refractivity contribution in [3.05, 3.63) is 134 Å². The van der Waals surface area contributed by atoms with Gasteiger partial charge >= 0.3 is 17.9 Å². The second kappa shape index (κ2) is 70.0. The summed E-state index contributed by atoms with van der Waals surface area (Å²) in [6.07, 6.45) is 98.9. The van der Waals surface area contributed by atoms with Crippen LogP contribution in [-0.4, -0.2) is 37.2 Å². The van der Waals surface area contributed by atoms with E-state index in [2.05, 4.69) is 154 Å². The summed E-state index contributed by atoms with van der Waals surface area (Å²) in [5.74, 6) is -0.939. The van der Waals surface area contributed by atoms with Crippen LogP contribution in [0, 0.1) is 0 Å². The van der Waals surface area contributed by atoms with E-state index < -0.39 is 6.10 Å². The summed E-state index contributed by atoms with van der Waals surface area (Å²) in [5, 5.41) is 0. The van der Waals surface area contributed by atoms with Crippen LogP contribution in [-0.2, 0) is 28.6 Å². The molecule has 0 radical (unpaired) electrons. The fraction of sp³-hybridized carbons (Fsp3) is 0.675. The highest BCUT2D eigenvalue weighted by Gasteiger charge is 2.19. The standard InChI is InChI=1S/C77H128O6/c1-4-7-10-13-16-19-22-25-28-30-32-34-36-38-40-42-44-46-49-52-55-58-61-64-67-70-76(79)82-73-74(72-81-75(78)69-66-63-60-57-54-51-48-27-24-21-18-15-12-9-6-3)83-77(80)71-68-65-62-59-56-53-50-47-45-43-41-39-37-35-33-31-29-26-23-20-17-14-11-8-5-2/h7,10,16,18-19,21,23,25-28,31-34,38,40,44,46,48,52,55,74H,4-6,8-9,11-15,17,20,22,24,29-30,35-37,39,41-43,45,47,49-51,53-54,56-73H2,1-3H3/b10-7-,19-16-,21-18-,26-23-,28-25-,33-31-,34-32-,40-38-,46-44-,48-27-,55-52-. The molecule has 0 bridgehead atoms. The van der Waals surface area contributed by atoms with Crippen LogP contribution in [0.5, 0.6) is 0 Å². The first kappa shape index (κ1) is 78.5. The Bertz CT molecular complexity index is 1750. The van der Waals surface area contributed by atoms with Crippen molar-refractivity contribution in [2.75, 3.05) is 13.2 Å². The lowest BCUT2D eigenvalue weighted by Crippen LogP contribution is -2.30. The Morgan fingerprint density at radius 2 is 0.470 bits per heavy atom. The first-order chi connectivity index (χ1) is 41.0. The third kappa shape index (κ3) is 68.2. The Morgan fingerprint density at radius 3 is 0.771 bits per heavy atom. The zero-order chi connectivity index (χ0) is 59.9. The Hall–Kier alpha value is -4.45. The molecule has 6 nitrogen and oxygen atoms in total. The van der Waals surface area contributed by atoms with Crippen LogP contribution in [0.25, 0.3) is 0 Å². The topological polar surface area (TPSA) is 78.9 Å². The second-order valence-corrected chi connectivity index (χ2v) is 22.7. The highest BCUT2D eigenvalue weighted by molar-refractivity contribution is 5.71. The van der Waals surface area contributed by atoms with Crippen LogP contribution < -0.4 is 0 Å². The highest BCUT2D eigenvalue weighted by atomic mass is 16.6. The van der Waals surface area contributed by atoms with Crippen molar-refractivity contribution in [2.24, 2.45) is 0 Å². The van der Waals surface area contributed by atoms with Crippen LogP contribution in [0.15, 0.2) is 134 Å². The van der Waals surface area contributed by atoms with Gasteiger partial charge in [-0.05, 0) is 141 Å². The summed E-state index contributed by atoms with van der Waals surface area (Å²) in [7, 11) is 0. The van der Waals surface area contributed by atoms with Crippen molar-refractivity contribution in [3.63, 3.8) is 0 Å². The lowest BCUT2D eigenvalue weighted by atomic mass is 10.0. The van der Waals surface area contributed by atoms with E-state index in [-0.39, 0.29) is 31.1 Å². The summed E-state index contributed by atoms with van der Waals surface area (Å²) >= 11 is 0. The molecule has 1 unspecified atom stereocenters. The molecule has 0 heterocycles. The largest absolute Gasteiger partial charge is 0.462 e. The van der Waals surface area contributed by atoms with Gasteiger partial charge in [0.15, 0.2) is 6.10 Å². The summed E-state index contributed by atoms with van der Waals surface area (Å²) in [4.78, 5) is 38.4. The summed E-state index contributed by atoms with van der Waals surface area (Å²) in [6, 6.07) is 0. The summed E-state index contributed by atoms with van der Waals surface area (Å²) in [6.45, 7) is 6.47. The van der Waals surface area contributed by atoms with Gasteiger partial charge in [0.1, 0.15) is 13.2 Å². The molecule has 1 atom stereocenters. The van der Waals surface area contributed by atoms with E-state index >= 15 is 0 Å². The van der Waals surface area contributed by atoms with E-state index in [1.54, 1.807) is 0 Å². The molecule has 0 rings (SSSR count). The number of carbonyl (C=O) groups is 3. The van der Waals surface area contributed by atoms with Crippen LogP contribution in [0.1, 0.15) is 316 Å². The fourth-order valence-corrected chi connectivity index (χ4v) is 9.43. The predicted octanol–water partition coefficient (Wildman–Crippen LogP) is 24.1. The summed E-state index contributed by atoms with van der Waals surface area (Å²) < 4.78 is 16.9. The van der Waals surface area contributed by atoms with Crippen molar-refractivity contribution < 1.29 is 28.6 Å². The Balaban J connectivity index is 4.43. The van der Waals surface area contributed by atoms with Gasteiger partial charge in [-0.25, -0.2) is 0 Å². The van der Waals surface area contributed by atoms with Gasteiger partial charge in [0, 0.05) is 19.3 Å². The Kier molecular flexibility index (Phi) is 66.3. The minimum absolute atomic E-state index is 0.0989. The first-order valence-corrected chi connectivity index (χ1v) is 34.7. The van der Waals surface area contributed by atoms with E-state index in [4.69, 9.17) is 14.2 Å². The number of ether oxygens (including phenoxy) is 3. The maximum atomic E-state index is 13.0. The molecule has 6 heteroatoms. The number of unbranched alkanes of at least 4 members (excludes halogenated alkanes) is 29. The normalized spacial score (nSPS) is 13.0. The molecule has 0 aromatic carbocycles. The van der Waals surface area contributed by atoms with E-state index in [9.17, 15) is 14.4 Å². The van der Waals surface area contributed by atoms with Crippen molar-refractivity contribution >= 4 is 17.9 Å². The smallest absolute Gasteiger partial charge is 0.306 e. The third-order valence-electron chi connectivity index (χ3n) is 14.6. The minimum atomic E-state index is -0.805. The molecule has 472 valence electrons. The Morgan fingerprint density at radius 1 is 0.253 bits per heavy atom. The predicted molar refractivity (Wildman–Crippen MR) is 362 cm³/mol. The molecular formula is C77H128O6. The lowest BCUT2D eigenvalue weighted by molar-refractivity contribution is -0.167. The molecule has 0 aromatic rings. The monoisotopic (exact) mass is 1150 g/mol. The molecule has 0 spiro atoms. The van der Waals surface area contributed by atoms with Gasteiger partial charge in [0.05, 0.1) is 0 Å². The van der Waals surface area contributed by atoms with Crippen LogP contribution >= 0.6 is 0 Å². The molecule has 0 saturated carbocycles. The average Bonchev–Trinajstić information content (AvgIpc) is 3.49. The molecule has 0 aliphatic carbocycles. The number of carbonyl (C=O) groups excluding carboxylic acids is 3. The maximum Gasteiger partial charge on any atom is 0.306 e. The average molecular weight is 1150 g/mol. The molecule has 83 heavy (non-hydrogen) atoms. The highest BCUT2D eigenvalue weighted by Crippen LogP contribution is 2.16. The second-order valence-electron chi connectivity index (χ2n) is 22.7. The first-order valence-electron chi connectivity index (χ1n) is 34.7. The van der Waals surface area contributed by atoms with Crippen LogP contribution in [0.4, 0.5) is 0 Å². The van der Waals surface area contributed by atoms with E-state index in [1.807, 2.05) is 0 Å². The van der Waals surface area contributed by atoms with Gasteiger partial charge < -0.3 is 14.2 Å². The van der Waals surface area contributed by atoms with Crippen molar-refractivity contribution in [1.29, 1.82) is 0 Å². The van der Waals surface area contributed by atoms with Gasteiger partial charge in [-0.3, -0.25) is 14.4 Å². The van der Waals surface area contributed by atoms with Crippen LogP contribution in [0.3, 0.4) is 0 Å². The molecule has 0 saturated heterocycles. The summed E-state index contributed by atoms with van der Waals surface area (Å²) in [5.41, 5.74) is 0. The number of hydrogen-bond donors (Lipinski definition) is 0. The minimum Gasteiger partial charge on any atom is -0.462 e.